The van der Waals surface area contributed by atoms with E-state index < -0.39 is 11.6 Å². The van der Waals surface area contributed by atoms with Crippen LogP contribution in [0.15, 0.2) is 36.4 Å². The molecule has 0 heterocycles. The average Bonchev–Trinajstić information content (AvgIpc) is 2.46. The first-order valence-electron chi connectivity index (χ1n) is 5.85. The summed E-state index contributed by atoms with van der Waals surface area (Å²) in [5.41, 5.74) is 0.940. The summed E-state index contributed by atoms with van der Waals surface area (Å²) in [5, 5.41) is 9.05. The molecule has 2 rings (SSSR count). The summed E-state index contributed by atoms with van der Waals surface area (Å²) in [5.74, 6) is -1.39. The molecule has 2 aromatic rings. The first kappa shape index (κ1) is 14.3. The van der Waals surface area contributed by atoms with Crippen LogP contribution in [0.2, 0.25) is 0 Å². The van der Waals surface area contributed by atoms with Crippen LogP contribution < -0.4 is 4.90 Å². The van der Waals surface area contributed by atoms with Crippen molar-refractivity contribution in [1.82, 2.24) is 0 Å². The standard InChI is InChI=1S/C15H11ClF2N2/c1-20(14-5-3-2-4-11(14)9-19)15-12(17)6-10(8-16)7-13(15)18/h2-7H,8H2,1H3. The molecule has 0 amide bonds. The minimum absolute atomic E-state index is 0.0343. The Kier molecular flexibility index (Phi) is 4.21. The average molecular weight is 293 g/mol. The number of halogens is 3. The highest BCUT2D eigenvalue weighted by molar-refractivity contribution is 6.17. The van der Waals surface area contributed by atoms with Gasteiger partial charge in [-0.25, -0.2) is 8.78 Å². The van der Waals surface area contributed by atoms with Crippen molar-refractivity contribution in [2.24, 2.45) is 0 Å². The summed E-state index contributed by atoms with van der Waals surface area (Å²) in [6.07, 6.45) is 0. The van der Waals surface area contributed by atoms with Crippen LogP contribution in [-0.4, -0.2) is 7.05 Å². The maximum atomic E-state index is 14.0. The normalized spacial score (nSPS) is 10.2. The summed E-state index contributed by atoms with van der Waals surface area (Å²) in [6, 6.07) is 11.0. The third-order valence-corrected chi connectivity index (χ3v) is 3.26. The highest BCUT2D eigenvalue weighted by Gasteiger charge is 2.18. The molecule has 0 aliphatic rings. The fourth-order valence-corrected chi connectivity index (χ4v) is 2.15. The molecule has 2 nitrogen and oxygen atoms in total. The Bertz CT molecular complexity index is 657. The third kappa shape index (κ3) is 2.59. The highest BCUT2D eigenvalue weighted by Crippen LogP contribution is 2.32. The van der Waals surface area contributed by atoms with Crippen molar-refractivity contribution in [3.05, 3.63) is 59.2 Å². The van der Waals surface area contributed by atoms with Crippen LogP contribution in [0.3, 0.4) is 0 Å². The van der Waals surface area contributed by atoms with E-state index in [0.29, 0.717) is 16.8 Å². The van der Waals surface area contributed by atoms with E-state index in [1.54, 1.807) is 24.3 Å². The molecule has 20 heavy (non-hydrogen) atoms. The number of nitriles is 1. The van der Waals surface area contributed by atoms with Crippen LogP contribution in [0.4, 0.5) is 20.2 Å². The Balaban J connectivity index is 2.54. The molecule has 0 radical (unpaired) electrons. The van der Waals surface area contributed by atoms with Gasteiger partial charge >= 0.3 is 0 Å². The largest absolute Gasteiger partial charge is 0.339 e. The van der Waals surface area contributed by atoms with E-state index in [9.17, 15) is 8.78 Å². The van der Waals surface area contributed by atoms with Gasteiger partial charge in [0.05, 0.1) is 11.3 Å². The topological polar surface area (TPSA) is 27.0 Å². The van der Waals surface area contributed by atoms with E-state index in [4.69, 9.17) is 16.9 Å². The number of hydrogen-bond acceptors (Lipinski definition) is 2. The summed E-state index contributed by atoms with van der Waals surface area (Å²) in [6.45, 7) is 0. The molecular weight excluding hydrogens is 282 g/mol. The van der Waals surface area contributed by atoms with Gasteiger partial charge in [0.1, 0.15) is 23.4 Å². The lowest BCUT2D eigenvalue weighted by Crippen LogP contribution is -2.15. The van der Waals surface area contributed by atoms with Crippen LogP contribution in [0, 0.1) is 23.0 Å². The van der Waals surface area contributed by atoms with Gasteiger partial charge in [0, 0.05) is 12.9 Å². The molecule has 0 saturated heterocycles. The Hall–Kier alpha value is -2.12. The van der Waals surface area contributed by atoms with E-state index in [1.165, 1.54) is 24.1 Å². The van der Waals surface area contributed by atoms with Crippen LogP contribution in [0.5, 0.6) is 0 Å². The van der Waals surface area contributed by atoms with Crippen molar-refractivity contribution in [2.75, 3.05) is 11.9 Å². The minimum atomic E-state index is -0.712. The number of alkyl halides is 1. The Morgan fingerprint density at radius 1 is 1.20 bits per heavy atom. The van der Waals surface area contributed by atoms with Gasteiger partial charge in [-0.2, -0.15) is 5.26 Å². The number of nitrogens with zero attached hydrogens (tertiary/aromatic N) is 2. The van der Waals surface area contributed by atoms with Crippen LogP contribution in [0.25, 0.3) is 0 Å². The van der Waals surface area contributed by atoms with Crippen LogP contribution in [-0.2, 0) is 5.88 Å². The maximum Gasteiger partial charge on any atom is 0.150 e. The zero-order chi connectivity index (χ0) is 14.7. The number of anilines is 2. The van der Waals surface area contributed by atoms with Crippen LogP contribution in [0.1, 0.15) is 11.1 Å². The monoisotopic (exact) mass is 292 g/mol. The molecule has 0 aromatic heterocycles. The highest BCUT2D eigenvalue weighted by atomic mass is 35.5. The first-order valence-corrected chi connectivity index (χ1v) is 6.38. The zero-order valence-electron chi connectivity index (χ0n) is 10.7. The van der Waals surface area contributed by atoms with Gasteiger partial charge in [-0.15, -0.1) is 11.6 Å². The van der Waals surface area contributed by atoms with Gasteiger partial charge in [-0.1, -0.05) is 12.1 Å². The maximum absolute atomic E-state index is 14.0. The van der Waals surface area contributed by atoms with E-state index in [-0.39, 0.29) is 11.6 Å². The molecule has 5 heteroatoms. The van der Waals surface area contributed by atoms with E-state index in [1.807, 2.05) is 6.07 Å². The van der Waals surface area contributed by atoms with Crippen molar-refractivity contribution in [3.8, 4) is 6.07 Å². The van der Waals surface area contributed by atoms with E-state index >= 15 is 0 Å². The molecule has 0 aliphatic carbocycles. The van der Waals surface area contributed by atoms with E-state index in [2.05, 4.69) is 0 Å². The number of hydrogen-bond donors (Lipinski definition) is 0. The van der Waals surface area contributed by atoms with Gasteiger partial charge in [-0.3, -0.25) is 0 Å². The second-order valence-electron chi connectivity index (χ2n) is 4.23. The van der Waals surface area contributed by atoms with Gasteiger partial charge in [0.2, 0.25) is 0 Å². The lowest BCUT2D eigenvalue weighted by Gasteiger charge is -2.22. The van der Waals surface area contributed by atoms with Gasteiger partial charge in [-0.05, 0) is 29.8 Å². The Morgan fingerprint density at radius 3 is 2.35 bits per heavy atom. The molecule has 0 fully saturated rings. The molecule has 0 aliphatic heterocycles. The second-order valence-corrected chi connectivity index (χ2v) is 4.50. The summed E-state index contributed by atoms with van der Waals surface area (Å²) >= 11 is 5.58. The van der Waals surface area contributed by atoms with Gasteiger partial charge < -0.3 is 4.90 Å². The number of para-hydroxylation sites is 1. The van der Waals surface area contributed by atoms with Crippen molar-refractivity contribution in [3.63, 3.8) is 0 Å². The Morgan fingerprint density at radius 2 is 1.80 bits per heavy atom. The number of benzene rings is 2. The zero-order valence-corrected chi connectivity index (χ0v) is 11.5. The molecular formula is C15H11ClF2N2. The molecule has 0 atom stereocenters. The fourth-order valence-electron chi connectivity index (χ4n) is 2.00. The van der Waals surface area contributed by atoms with E-state index in [0.717, 1.165) is 0 Å². The fraction of sp³-hybridized carbons (Fsp3) is 0.133. The van der Waals surface area contributed by atoms with Crippen molar-refractivity contribution in [1.29, 1.82) is 5.26 Å². The predicted molar refractivity (Wildman–Crippen MR) is 75.1 cm³/mol. The van der Waals surface area contributed by atoms with Crippen molar-refractivity contribution < 1.29 is 8.78 Å². The van der Waals surface area contributed by atoms with Crippen molar-refractivity contribution in [2.45, 2.75) is 5.88 Å². The predicted octanol–water partition coefficient (Wildman–Crippen LogP) is 4.34. The molecule has 0 N–H and O–H groups in total. The lowest BCUT2D eigenvalue weighted by atomic mass is 10.1. The molecule has 0 saturated carbocycles. The first-order chi connectivity index (χ1) is 9.58. The minimum Gasteiger partial charge on any atom is -0.339 e. The Labute approximate surface area is 120 Å². The SMILES string of the molecule is CN(c1ccccc1C#N)c1c(F)cc(CCl)cc1F. The van der Waals surface area contributed by atoms with Gasteiger partial charge in [0.25, 0.3) is 0 Å². The quantitative estimate of drug-likeness (QED) is 0.787. The molecule has 102 valence electrons. The van der Waals surface area contributed by atoms with Crippen LogP contribution >= 0.6 is 11.6 Å². The smallest absolute Gasteiger partial charge is 0.150 e. The summed E-state index contributed by atoms with van der Waals surface area (Å²) < 4.78 is 28.1. The van der Waals surface area contributed by atoms with Crippen molar-refractivity contribution >= 4 is 23.0 Å². The molecule has 2 aromatic carbocycles. The summed E-state index contributed by atoms with van der Waals surface area (Å²) in [7, 11) is 1.51. The second kappa shape index (κ2) is 5.89. The third-order valence-electron chi connectivity index (χ3n) is 2.95. The molecule has 0 spiro atoms. The number of rotatable bonds is 3. The molecule has 0 unspecified atom stereocenters. The molecule has 0 bridgehead atoms. The summed E-state index contributed by atoms with van der Waals surface area (Å²) in [4.78, 5) is 1.32. The lowest BCUT2D eigenvalue weighted by molar-refractivity contribution is 0.582. The van der Waals surface area contributed by atoms with Gasteiger partial charge in [0.15, 0.2) is 0 Å².